The van der Waals surface area contributed by atoms with E-state index in [0.29, 0.717) is 21.2 Å². The maximum Gasteiger partial charge on any atom is 0.283 e. The third-order valence-corrected chi connectivity index (χ3v) is 5.35. The minimum Gasteiger partial charge on any atom is -0.463 e. The summed E-state index contributed by atoms with van der Waals surface area (Å²) in [4.78, 5) is 33.3. The van der Waals surface area contributed by atoms with Crippen molar-refractivity contribution >= 4 is 50.8 Å². The van der Waals surface area contributed by atoms with E-state index in [0.717, 1.165) is 5.56 Å². The zero-order chi connectivity index (χ0) is 20.0. The molecule has 0 spiro atoms. The molecule has 1 N–H and O–H groups in total. The zero-order valence-electron chi connectivity index (χ0n) is 14.7. The minimum atomic E-state index is -0.604. The summed E-state index contributed by atoms with van der Waals surface area (Å²) < 4.78 is 5.48. The number of para-hydroxylation sites is 1. The molecule has 2 aliphatic rings. The number of hydrogen-bond donors (Lipinski definition) is 1. The molecule has 0 unspecified atom stereocenters. The van der Waals surface area contributed by atoms with Crippen molar-refractivity contribution in [1.82, 2.24) is 9.99 Å². The number of amides is 1. The Labute approximate surface area is 167 Å². The van der Waals surface area contributed by atoms with Gasteiger partial charge in [-0.05, 0) is 42.1 Å². The highest BCUT2D eigenvalue weighted by Gasteiger charge is 2.36. The van der Waals surface area contributed by atoms with Crippen LogP contribution >= 0.6 is 11.8 Å². The molecule has 0 atom stereocenters. The van der Waals surface area contributed by atoms with Crippen LogP contribution in [0.1, 0.15) is 11.1 Å². The van der Waals surface area contributed by atoms with Gasteiger partial charge in [-0.15, -0.1) is 0 Å². The number of hydrogen-bond acceptors (Lipinski definition) is 7. The third kappa shape index (κ3) is 2.88. The SMILES string of the molecule is N=C1/C(=C/c2coc3ccccc3c2=O)C(=O)N=C2SC(c3ccncc3)=NN12. The number of pyridine rings is 1. The van der Waals surface area contributed by atoms with Crippen LogP contribution in [0.3, 0.4) is 0 Å². The normalized spacial score (nSPS) is 17.5. The van der Waals surface area contributed by atoms with Crippen LogP contribution in [0.4, 0.5) is 0 Å². The standard InChI is InChI=1S/C20H11N5O3S/c21-17-14(9-12-10-28-15-4-2-1-3-13(15)16(12)26)18(27)23-20-25(17)24-19(29-20)11-5-7-22-8-6-11/h1-10,21H/b14-9-,21-17?. The fraction of sp³-hybridized carbons (Fsp3) is 0. The number of amidine groups is 2. The van der Waals surface area contributed by atoms with Gasteiger partial charge in [0.15, 0.2) is 11.3 Å². The van der Waals surface area contributed by atoms with Crippen LogP contribution in [-0.4, -0.2) is 31.9 Å². The van der Waals surface area contributed by atoms with E-state index in [4.69, 9.17) is 9.83 Å². The van der Waals surface area contributed by atoms with Crippen molar-refractivity contribution in [3.8, 4) is 0 Å². The first kappa shape index (κ1) is 17.3. The number of nitrogens with one attached hydrogen (secondary N) is 1. The predicted octanol–water partition coefficient (Wildman–Crippen LogP) is 2.86. The molecule has 0 aliphatic carbocycles. The highest BCUT2D eigenvalue weighted by Crippen LogP contribution is 2.30. The van der Waals surface area contributed by atoms with Gasteiger partial charge in [0.1, 0.15) is 16.9 Å². The summed E-state index contributed by atoms with van der Waals surface area (Å²) in [6, 6.07) is 10.4. The Balaban J connectivity index is 1.56. The molecule has 2 aliphatic heterocycles. The van der Waals surface area contributed by atoms with Crippen molar-refractivity contribution in [2.24, 2.45) is 10.1 Å². The predicted molar refractivity (Wildman–Crippen MR) is 111 cm³/mol. The average molecular weight is 401 g/mol. The fourth-order valence-electron chi connectivity index (χ4n) is 2.95. The molecule has 9 heteroatoms. The Bertz CT molecular complexity index is 1340. The number of thioether (sulfide) groups is 1. The van der Waals surface area contributed by atoms with E-state index in [1.54, 1.807) is 48.8 Å². The van der Waals surface area contributed by atoms with Crippen LogP contribution < -0.4 is 5.43 Å². The number of hydrazone groups is 1. The van der Waals surface area contributed by atoms with Crippen LogP contribution in [0, 0.1) is 5.41 Å². The molecule has 8 nitrogen and oxygen atoms in total. The van der Waals surface area contributed by atoms with Crippen molar-refractivity contribution in [2.75, 3.05) is 0 Å². The van der Waals surface area contributed by atoms with Crippen molar-refractivity contribution in [2.45, 2.75) is 0 Å². The van der Waals surface area contributed by atoms with Crippen LogP contribution in [0.2, 0.25) is 0 Å². The lowest BCUT2D eigenvalue weighted by Gasteiger charge is -2.20. The number of carbonyl (C=O) groups is 1. The lowest BCUT2D eigenvalue weighted by atomic mass is 10.1. The topological polar surface area (TPSA) is 112 Å². The van der Waals surface area contributed by atoms with Gasteiger partial charge in [0.2, 0.25) is 5.17 Å². The monoisotopic (exact) mass is 401 g/mol. The Hall–Kier alpha value is -3.85. The highest BCUT2D eigenvalue weighted by molar-refractivity contribution is 8.27. The Morgan fingerprint density at radius 2 is 1.90 bits per heavy atom. The molecular weight excluding hydrogens is 390 g/mol. The summed E-state index contributed by atoms with van der Waals surface area (Å²) in [6.07, 6.45) is 5.88. The summed E-state index contributed by atoms with van der Waals surface area (Å²) in [5, 5.41) is 15.4. The van der Waals surface area contributed by atoms with E-state index in [2.05, 4.69) is 15.1 Å². The van der Waals surface area contributed by atoms with E-state index in [9.17, 15) is 9.59 Å². The molecule has 0 bridgehead atoms. The van der Waals surface area contributed by atoms with Crippen molar-refractivity contribution in [1.29, 1.82) is 5.41 Å². The number of aromatic nitrogens is 1. The smallest absolute Gasteiger partial charge is 0.283 e. The number of fused-ring (bicyclic) bond motifs is 2. The fourth-order valence-corrected chi connectivity index (χ4v) is 3.85. The molecule has 1 aromatic carbocycles. The second kappa shape index (κ2) is 6.64. The van der Waals surface area contributed by atoms with Crippen molar-refractivity contribution in [3.05, 3.63) is 82.0 Å². The van der Waals surface area contributed by atoms with Gasteiger partial charge < -0.3 is 4.42 Å². The van der Waals surface area contributed by atoms with E-state index >= 15 is 0 Å². The number of rotatable bonds is 2. The third-order valence-electron chi connectivity index (χ3n) is 4.39. The largest absolute Gasteiger partial charge is 0.463 e. The lowest BCUT2D eigenvalue weighted by Crippen LogP contribution is -2.35. The Morgan fingerprint density at radius 1 is 1.10 bits per heavy atom. The summed E-state index contributed by atoms with van der Waals surface area (Å²) >= 11 is 1.20. The molecule has 0 fully saturated rings. The number of nitrogens with zero attached hydrogens (tertiary/aromatic N) is 4. The molecule has 0 radical (unpaired) electrons. The molecule has 0 saturated carbocycles. The minimum absolute atomic E-state index is 0.0309. The number of aliphatic imine (C=N–C) groups is 1. The van der Waals surface area contributed by atoms with Gasteiger partial charge in [-0.2, -0.15) is 15.1 Å². The lowest BCUT2D eigenvalue weighted by molar-refractivity contribution is -0.114. The van der Waals surface area contributed by atoms with E-state index in [1.165, 1.54) is 29.1 Å². The van der Waals surface area contributed by atoms with Crippen LogP contribution in [0.5, 0.6) is 0 Å². The summed E-state index contributed by atoms with van der Waals surface area (Å²) in [7, 11) is 0. The Kier molecular flexibility index (Phi) is 3.95. The van der Waals surface area contributed by atoms with Gasteiger partial charge in [0.25, 0.3) is 5.91 Å². The van der Waals surface area contributed by atoms with E-state index in [1.807, 2.05) is 0 Å². The molecule has 3 aromatic rings. The van der Waals surface area contributed by atoms with Gasteiger partial charge in [-0.25, -0.2) is 0 Å². The first-order valence-electron chi connectivity index (χ1n) is 8.53. The van der Waals surface area contributed by atoms with E-state index < -0.39 is 5.91 Å². The second-order valence-electron chi connectivity index (χ2n) is 6.18. The van der Waals surface area contributed by atoms with Gasteiger partial charge in [-0.1, -0.05) is 12.1 Å². The summed E-state index contributed by atoms with van der Waals surface area (Å²) in [6.45, 7) is 0. The van der Waals surface area contributed by atoms with E-state index in [-0.39, 0.29) is 22.4 Å². The van der Waals surface area contributed by atoms with Gasteiger partial charge in [0, 0.05) is 18.0 Å². The summed E-state index contributed by atoms with van der Waals surface area (Å²) in [5.74, 6) is -0.753. The van der Waals surface area contributed by atoms with Gasteiger partial charge in [0.05, 0.1) is 16.5 Å². The summed E-state index contributed by atoms with van der Waals surface area (Å²) in [5.41, 5.74) is 1.11. The first-order valence-corrected chi connectivity index (χ1v) is 9.34. The molecule has 4 heterocycles. The molecule has 1 amide bonds. The van der Waals surface area contributed by atoms with Gasteiger partial charge in [-0.3, -0.25) is 20.0 Å². The molecule has 29 heavy (non-hydrogen) atoms. The second-order valence-corrected chi connectivity index (χ2v) is 7.13. The van der Waals surface area contributed by atoms with Crippen molar-refractivity contribution in [3.63, 3.8) is 0 Å². The molecule has 2 aromatic heterocycles. The zero-order valence-corrected chi connectivity index (χ0v) is 15.5. The van der Waals surface area contributed by atoms with Crippen LogP contribution in [0.15, 0.2) is 79.9 Å². The number of benzene rings is 1. The quantitative estimate of drug-likeness (QED) is 0.661. The average Bonchev–Trinajstić information content (AvgIpc) is 3.17. The Morgan fingerprint density at radius 3 is 2.72 bits per heavy atom. The molecule has 0 saturated heterocycles. The first-order chi connectivity index (χ1) is 14.1. The maximum absolute atomic E-state index is 12.7. The van der Waals surface area contributed by atoms with Crippen LogP contribution in [0.25, 0.3) is 17.0 Å². The van der Waals surface area contributed by atoms with Crippen molar-refractivity contribution < 1.29 is 9.21 Å². The number of carbonyl (C=O) groups excluding carboxylic acids is 1. The van der Waals surface area contributed by atoms with Crippen LogP contribution in [-0.2, 0) is 4.79 Å². The molecular formula is C20H11N5O3S. The van der Waals surface area contributed by atoms with Gasteiger partial charge >= 0.3 is 0 Å². The molecule has 140 valence electrons. The highest BCUT2D eigenvalue weighted by atomic mass is 32.2. The maximum atomic E-state index is 12.7. The molecule has 5 rings (SSSR count).